The fraction of sp³-hybridized carbons (Fsp3) is 0.400. The van der Waals surface area contributed by atoms with Crippen molar-refractivity contribution in [1.82, 2.24) is 15.1 Å². The van der Waals surface area contributed by atoms with E-state index in [0.717, 1.165) is 34.6 Å². The molecule has 2 aromatic rings. The summed E-state index contributed by atoms with van der Waals surface area (Å²) < 4.78 is 8.13. The van der Waals surface area contributed by atoms with Gasteiger partial charge in [-0.25, -0.2) is 0 Å². The molecular weight excluding hydrogens is 354 g/mol. The maximum atomic E-state index is 6.34. The third-order valence-electron chi connectivity index (χ3n) is 3.32. The van der Waals surface area contributed by atoms with E-state index < -0.39 is 0 Å². The standard InChI is InChI=1S/C15H19BrClN3O/c1-4-18-14(15-12(17)9-19-20(15)5-2)10-6-7-13(21-3)11(16)8-10/h6-9,14,18H,4-5H2,1-3H3. The van der Waals surface area contributed by atoms with Gasteiger partial charge >= 0.3 is 0 Å². The van der Waals surface area contributed by atoms with E-state index in [1.807, 2.05) is 16.8 Å². The number of nitrogens with one attached hydrogen (secondary N) is 1. The molecule has 0 amide bonds. The number of aryl methyl sites for hydroxylation is 1. The molecular formula is C15H19BrClN3O. The Bertz CT molecular complexity index is 615. The summed E-state index contributed by atoms with van der Waals surface area (Å²) in [5.74, 6) is 0.809. The molecule has 21 heavy (non-hydrogen) atoms. The van der Waals surface area contributed by atoms with Crippen LogP contribution in [-0.4, -0.2) is 23.4 Å². The minimum atomic E-state index is -0.00726. The smallest absolute Gasteiger partial charge is 0.133 e. The zero-order chi connectivity index (χ0) is 15.4. The lowest BCUT2D eigenvalue weighted by atomic mass is 10.0. The number of ether oxygens (including phenoxy) is 1. The van der Waals surface area contributed by atoms with E-state index in [9.17, 15) is 0 Å². The minimum absolute atomic E-state index is 0.00726. The summed E-state index contributed by atoms with van der Waals surface area (Å²) in [6.45, 7) is 5.74. The summed E-state index contributed by atoms with van der Waals surface area (Å²) in [6.07, 6.45) is 1.70. The Morgan fingerprint density at radius 1 is 1.43 bits per heavy atom. The molecule has 0 spiro atoms. The number of rotatable bonds is 6. The first-order valence-corrected chi connectivity index (χ1v) is 8.07. The molecule has 0 saturated heterocycles. The molecule has 0 aliphatic carbocycles. The average molecular weight is 373 g/mol. The van der Waals surface area contributed by atoms with E-state index in [-0.39, 0.29) is 6.04 Å². The first-order chi connectivity index (χ1) is 10.1. The highest BCUT2D eigenvalue weighted by Gasteiger charge is 2.21. The molecule has 4 nitrogen and oxygen atoms in total. The van der Waals surface area contributed by atoms with Crippen molar-refractivity contribution in [1.29, 1.82) is 0 Å². The molecule has 6 heteroatoms. The van der Waals surface area contributed by atoms with Crippen LogP contribution in [0.1, 0.15) is 31.1 Å². The Kier molecular flexibility index (Phi) is 5.67. The molecule has 0 bridgehead atoms. The van der Waals surface area contributed by atoms with Crippen LogP contribution in [0.4, 0.5) is 0 Å². The molecule has 0 aliphatic rings. The molecule has 1 aromatic heterocycles. The number of aromatic nitrogens is 2. The lowest BCUT2D eigenvalue weighted by Gasteiger charge is -2.21. The molecule has 0 aliphatic heterocycles. The number of hydrogen-bond donors (Lipinski definition) is 1. The van der Waals surface area contributed by atoms with Crippen molar-refractivity contribution in [3.8, 4) is 5.75 Å². The molecule has 1 atom stereocenters. The monoisotopic (exact) mass is 371 g/mol. The summed E-state index contributed by atoms with van der Waals surface area (Å²) >= 11 is 9.88. The van der Waals surface area contributed by atoms with Crippen LogP contribution in [0.15, 0.2) is 28.9 Å². The van der Waals surface area contributed by atoms with Gasteiger partial charge in [0, 0.05) is 6.54 Å². The van der Waals surface area contributed by atoms with Gasteiger partial charge < -0.3 is 10.1 Å². The maximum Gasteiger partial charge on any atom is 0.133 e. The lowest BCUT2D eigenvalue weighted by Crippen LogP contribution is -2.25. The number of benzene rings is 1. The van der Waals surface area contributed by atoms with Gasteiger partial charge in [-0.15, -0.1) is 0 Å². The fourth-order valence-corrected chi connectivity index (χ4v) is 3.16. The first kappa shape index (κ1) is 16.3. The highest BCUT2D eigenvalue weighted by Crippen LogP contribution is 2.33. The van der Waals surface area contributed by atoms with Gasteiger partial charge in [0.1, 0.15) is 5.75 Å². The normalized spacial score (nSPS) is 12.4. The van der Waals surface area contributed by atoms with Crippen LogP contribution in [0.5, 0.6) is 5.75 Å². The SMILES string of the molecule is CCNC(c1ccc(OC)c(Br)c1)c1c(Cl)cnn1CC. The quantitative estimate of drug-likeness (QED) is 0.832. The van der Waals surface area contributed by atoms with Crippen LogP contribution in [0.3, 0.4) is 0 Å². The number of nitrogens with zero attached hydrogens (tertiary/aromatic N) is 2. The van der Waals surface area contributed by atoms with Gasteiger partial charge in [-0.2, -0.15) is 5.10 Å². The highest BCUT2D eigenvalue weighted by atomic mass is 79.9. The van der Waals surface area contributed by atoms with E-state index in [1.54, 1.807) is 13.3 Å². The van der Waals surface area contributed by atoms with Crippen molar-refractivity contribution in [3.05, 3.63) is 45.1 Å². The molecule has 114 valence electrons. The fourth-order valence-electron chi connectivity index (χ4n) is 2.35. The largest absolute Gasteiger partial charge is 0.496 e. The van der Waals surface area contributed by atoms with Gasteiger partial charge in [0.2, 0.25) is 0 Å². The highest BCUT2D eigenvalue weighted by molar-refractivity contribution is 9.10. The van der Waals surface area contributed by atoms with Gasteiger partial charge in [-0.3, -0.25) is 4.68 Å². The molecule has 1 heterocycles. The van der Waals surface area contributed by atoms with Gasteiger partial charge in [-0.1, -0.05) is 24.6 Å². The van der Waals surface area contributed by atoms with Crippen LogP contribution in [0, 0.1) is 0 Å². The van der Waals surface area contributed by atoms with Crippen molar-refractivity contribution in [2.24, 2.45) is 0 Å². The third-order valence-corrected chi connectivity index (χ3v) is 4.23. The van der Waals surface area contributed by atoms with Crippen molar-refractivity contribution < 1.29 is 4.74 Å². The lowest BCUT2D eigenvalue weighted by molar-refractivity contribution is 0.411. The van der Waals surface area contributed by atoms with Crippen LogP contribution in [0.2, 0.25) is 5.02 Å². The molecule has 1 aromatic carbocycles. The Balaban J connectivity index is 2.48. The van der Waals surface area contributed by atoms with Crippen molar-refractivity contribution in [3.63, 3.8) is 0 Å². The van der Waals surface area contributed by atoms with Crippen LogP contribution in [-0.2, 0) is 6.54 Å². The van der Waals surface area contributed by atoms with Crippen LogP contribution < -0.4 is 10.1 Å². The molecule has 0 fully saturated rings. The molecule has 1 N–H and O–H groups in total. The summed E-state index contributed by atoms with van der Waals surface area (Å²) in [4.78, 5) is 0. The van der Waals surface area contributed by atoms with E-state index in [1.165, 1.54) is 0 Å². The molecule has 0 radical (unpaired) electrons. The van der Waals surface area contributed by atoms with E-state index in [2.05, 4.69) is 46.3 Å². The summed E-state index contributed by atoms with van der Waals surface area (Å²) in [5, 5.41) is 8.48. The van der Waals surface area contributed by atoms with E-state index in [0.29, 0.717) is 5.02 Å². The molecule has 1 unspecified atom stereocenters. The Hall–Kier alpha value is -1.04. The van der Waals surface area contributed by atoms with E-state index in [4.69, 9.17) is 16.3 Å². The second kappa shape index (κ2) is 7.29. The third kappa shape index (κ3) is 3.42. The van der Waals surface area contributed by atoms with Gasteiger partial charge in [-0.05, 0) is 47.1 Å². The average Bonchev–Trinajstić information content (AvgIpc) is 2.85. The van der Waals surface area contributed by atoms with Crippen LogP contribution in [0.25, 0.3) is 0 Å². The second-order valence-corrected chi connectivity index (χ2v) is 5.84. The predicted octanol–water partition coefficient (Wildman–Crippen LogP) is 4.03. The summed E-state index contributed by atoms with van der Waals surface area (Å²) in [7, 11) is 1.66. The zero-order valence-electron chi connectivity index (χ0n) is 12.4. The summed E-state index contributed by atoms with van der Waals surface area (Å²) in [5.41, 5.74) is 2.10. The molecule has 2 rings (SSSR count). The van der Waals surface area contributed by atoms with Gasteiger partial charge in [0.15, 0.2) is 0 Å². The topological polar surface area (TPSA) is 39.1 Å². The number of halogens is 2. The Morgan fingerprint density at radius 2 is 2.19 bits per heavy atom. The van der Waals surface area contributed by atoms with Crippen molar-refractivity contribution in [2.45, 2.75) is 26.4 Å². The Labute approximate surface area is 138 Å². The van der Waals surface area contributed by atoms with Gasteiger partial charge in [0.05, 0.1) is 34.5 Å². The maximum absolute atomic E-state index is 6.34. The van der Waals surface area contributed by atoms with Crippen LogP contribution >= 0.6 is 27.5 Å². The van der Waals surface area contributed by atoms with Crippen molar-refractivity contribution in [2.75, 3.05) is 13.7 Å². The van der Waals surface area contributed by atoms with Crippen molar-refractivity contribution >= 4 is 27.5 Å². The predicted molar refractivity (Wildman–Crippen MR) is 89.1 cm³/mol. The van der Waals surface area contributed by atoms with Gasteiger partial charge in [0.25, 0.3) is 0 Å². The zero-order valence-corrected chi connectivity index (χ0v) is 14.7. The second-order valence-electron chi connectivity index (χ2n) is 4.58. The number of hydrogen-bond acceptors (Lipinski definition) is 3. The number of methoxy groups -OCH3 is 1. The summed E-state index contributed by atoms with van der Waals surface area (Å²) in [6, 6.07) is 6.03. The Morgan fingerprint density at radius 3 is 2.76 bits per heavy atom. The molecule has 0 saturated carbocycles. The minimum Gasteiger partial charge on any atom is -0.496 e. The van der Waals surface area contributed by atoms with E-state index >= 15 is 0 Å². The first-order valence-electron chi connectivity index (χ1n) is 6.90.